The van der Waals surface area contributed by atoms with Crippen LogP contribution in [-0.2, 0) is 19.0 Å². The molecule has 162 valence electrons. The van der Waals surface area contributed by atoms with Crippen LogP contribution in [0.1, 0.15) is 27.0 Å². The summed E-state index contributed by atoms with van der Waals surface area (Å²) in [5, 5.41) is 0.294. The Kier molecular flexibility index (Phi) is 6.70. The van der Waals surface area contributed by atoms with E-state index < -0.39 is 43.1 Å². The molecule has 1 atom stereocenters. The molecule has 0 aromatic heterocycles. The second-order valence-electron chi connectivity index (χ2n) is 6.48. The Morgan fingerprint density at radius 1 is 0.742 bits per heavy atom. The Hall–Kier alpha value is -2.86. The van der Waals surface area contributed by atoms with Crippen LogP contribution in [0.3, 0.4) is 0 Å². The normalized spacial score (nSPS) is 12.3. The smallest absolute Gasteiger partial charge is 0.417 e. The quantitative estimate of drug-likeness (QED) is 0.315. The average Bonchev–Trinajstić information content (AvgIpc) is 2.72. The largest absolute Gasteiger partial charge is 0.489 e. The van der Waals surface area contributed by atoms with Crippen molar-refractivity contribution in [3.05, 3.63) is 95.1 Å². The lowest BCUT2D eigenvalue weighted by Crippen LogP contribution is -2.19. The van der Waals surface area contributed by atoms with E-state index in [4.69, 9.17) is 4.74 Å². The number of carbonyl (C=O) groups excluding carboxylic acids is 1. The minimum Gasteiger partial charge on any atom is -0.489 e. The first kappa shape index (κ1) is 22.8. The maximum absolute atomic E-state index is 13.3. The van der Waals surface area contributed by atoms with E-state index in [-0.39, 0.29) is 6.61 Å². The first-order chi connectivity index (χ1) is 14.6. The maximum atomic E-state index is 13.3. The Morgan fingerprint density at radius 2 is 1.29 bits per heavy atom. The standard InChI is InChI=1S/C22H15F6O2P/c23-21(24,25)17-7-4-8-18(22(26,27)28)19(17)20(29)31-16-11-9-15(10-12-16)30-13-14-5-2-1-3-6-14/h1-12,31H,13H2. The van der Waals surface area contributed by atoms with Gasteiger partial charge in [-0.25, -0.2) is 0 Å². The summed E-state index contributed by atoms with van der Waals surface area (Å²) in [6.45, 7) is 0.287. The lowest BCUT2D eigenvalue weighted by molar-refractivity contribution is -0.143. The Balaban J connectivity index is 1.80. The van der Waals surface area contributed by atoms with Gasteiger partial charge in [0, 0.05) is 5.56 Å². The number of ether oxygens (including phenoxy) is 1. The van der Waals surface area contributed by atoms with Crippen LogP contribution in [0, 0.1) is 0 Å². The van der Waals surface area contributed by atoms with Gasteiger partial charge in [0.1, 0.15) is 12.4 Å². The molecule has 0 amide bonds. The van der Waals surface area contributed by atoms with Crippen molar-refractivity contribution in [3.63, 3.8) is 0 Å². The number of rotatable bonds is 6. The third kappa shape index (κ3) is 5.85. The maximum Gasteiger partial charge on any atom is 0.417 e. The predicted molar refractivity (Wildman–Crippen MR) is 106 cm³/mol. The van der Waals surface area contributed by atoms with E-state index in [0.29, 0.717) is 29.3 Å². The molecular formula is C22H15F6O2P. The molecule has 9 heteroatoms. The van der Waals surface area contributed by atoms with Crippen LogP contribution in [0.4, 0.5) is 26.3 Å². The first-order valence-corrected chi connectivity index (χ1v) is 9.91. The molecule has 2 nitrogen and oxygen atoms in total. The zero-order chi connectivity index (χ0) is 22.6. The molecule has 1 unspecified atom stereocenters. The summed E-state index contributed by atoms with van der Waals surface area (Å²) in [5.41, 5.74) is -4.86. The zero-order valence-electron chi connectivity index (χ0n) is 15.7. The van der Waals surface area contributed by atoms with E-state index in [1.54, 1.807) is 0 Å². The molecular weight excluding hydrogens is 441 g/mol. The Morgan fingerprint density at radius 3 is 1.81 bits per heavy atom. The van der Waals surface area contributed by atoms with Crippen LogP contribution in [-0.4, -0.2) is 5.52 Å². The van der Waals surface area contributed by atoms with Gasteiger partial charge in [-0.2, -0.15) is 26.3 Å². The molecule has 3 aromatic carbocycles. The molecule has 0 radical (unpaired) electrons. The fourth-order valence-electron chi connectivity index (χ4n) is 2.84. The molecule has 0 saturated carbocycles. The van der Waals surface area contributed by atoms with Crippen molar-refractivity contribution in [1.82, 2.24) is 0 Å². The van der Waals surface area contributed by atoms with Gasteiger partial charge in [-0.3, -0.25) is 4.79 Å². The van der Waals surface area contributed by atoms with Gasteiger partial charge in [-0.1, -0.05) is 48.5 Å². The summed E-state index contributed by atoms with van der Waals surface area (Å²) in [5.74, 6) is 0.455. The van der Waals surface area contributed by atoms with Gasteiger partial charge in [-0.15, -0.1) is 0 Å². The van der Waals surface area contributed by atoms with Crippen LogP contribution in [0.2, 0.25) is 0 Å². The van der Waals surface area contributed by atoms with Gasteiger partial charge in [0.05, 0.1) is 11.1 Å². The molecule has 0 aliphatic carbocycles. The molecule has 0 N–H and O–H groups in total. The number of hydrogen-bond donors (Lipinski definition) is 0. The van der Waals surface area contributed by atoms with Gasteiger partial charge in [0.15, 0.2) is 5.52 Å². The van der Waals surface area contributed by atoms with E-state index in [0.717, 1.165) is 5.56 Å². The molecule has 31 heavy (non-hydrogen) atoms. The molecule has 0 bridgehead atoms. The fourth-order valence-corrected chi connectivity index (χ4v) is 3.83. The van der Waals surface area contributed by atoms with Crippen molar-refractivity contribution in [2.45, 2.75) is 19.0 Å². The van der Waals surface area contributed by atoms with Crippen molar-refractivity contribution in [3.8, 4) is 5.75 Å². The molecule has 0 aliphatic heterocycles. The first-order valence-electron chi connectivity index (χ1n) is 8.91. The van der Waals surface area contributed by atoms with E-state index in [2.05, 4.69) is 0 Å². The summed E-state index contributed by atoms with van der Waals surface area (Å²) < 4.78 is 85.1. The Labute approximate surface area is 175 Å². The summed E-state index contributed by atoms with van der Waals surface area (Å²) in [6, 6.07) is 16.8. The number of halogens is 6. The lowest BCUT2D eigenvalue weighted by Gasteiger charge is -2.17. The van der Waals surface area contributed by atoms with Crippen LogP contribution in [0.5, 0.6) is 5.75 Å². The SMILES string of the molecule is O=C(Pc1ccc(OCc2ccccc2)cc1)c1c(C(F)(F)F)cccc1C(F)(F)F. The van der Waals surface area contributed by atoms with Gasteiger partial charge < -0.3 is 4.74 Å². The highest BCUT2D eigenvalue weighted by molar-refractivity contribution is 7.66. The molecule has 0 saturated heterocycles. The van der Waals surface area contributed by atoms with Crippen LogP contribution < -0.4 is 10.0 Å². The van der Waals surface area contributed by atoms with Crippen molar-refractivity contribution in [2.24, 2.45) is 0 Å². The molecule has 3 rings (SSSR count). The Bertz CT molecular complexity index is 1010. The summed E-state index contributed by atoms with van der Waals surface area (Å²) in [4.78, 5) is 12.5. The van der Waals surface area contributed by atoms with Crippen molar-refractivity contribution >= 4 is 19.4 Å². The van der Waals surface area contributed by atoms with Gasteiger partial charge in [0.2, 0.25) is 0 Å². The molecule has 0 spiro atoms. The van der Waals surface area contributed by atoms with Gasteiger partial charge in [-0.05, 0) is 43.7 Å². The van der Waals surface area contributed by atoms with Crippen LogP contribution in [0.25, 0.3) is 0 Å². The van der Waals surface area contributed by atoms with Crippen LogP contribution >= 0.6 is 8.58 Å². The number of benzene rings is 3. The molecule has 0 fully saturated rings. The van der Waals surface area contributed by atoms with E-state index >= 15 is 0 Å². The second kappa shape index (κ2) is 9.10. The third-order valence-electron chi connectivity index (χ3n) is 4.26. The van der Waals surface area contributed by atoms with E-state index in [9.17, 15) is 31.1 Å². The monoisotopic (exact) mass is 456 g/mol. The van der Waals surface area contributed by atoms with Crippen molar-refractivity contribution in [1.29, 1.82) is 0 Å². The topological polar surface area (TPSA) is 26.3 Å². The lowest BCUT2D eigenvalue weighted by atomic mass is 10.0. The summed E-state index contributed by atoms with van der Waals surface area (Å²) >= 11 is 0. The highest BCUT2D eigenvalue weighted by Crippen LogP contribution is 2.41. The highest BCUT2D eigenvalue weighted by atomic mass is 31.1. The third-order valence-corrected chi connectivity index (χ3v) is 5.36. The summed E-state index contributed by atoms with van der Waals surface area (Å²) in [7, 11) is -0.917. The second-order valence-corrected chi connectivity index (χ2v) is 7.76. The number of alkyl halides is 6. The summed E-state index contributed by atoms with van der Waals surface area (Å²) in [6.07, 6.45) is -10.2. The fraction of sp³-hybridized carbons (Fsp3) is 0.136. The minimum absolute atomic E-state index is 0.287. The van der Waals surface area contributed by atoms with E-state index in [1.165, 1.54) is 24.3 Å². The predicted octanol–water partition coefficient (Wildman–Crippen LogP) is 6.45. The number of hydrogen-bond acceptors (Lipinski definition) is 2. The molecule has 3 aromatic rings. The minimum atomic E-state index is -5.09. The zero-order valence-corrected chi connectivity index (χ0v) is 16.7. The van der Waals surface area contributed by atoms with Gasteiger partial charge in [0.25, 0.3) is 0 Å². The average molecular weight is 456 g/mol. The van der Waals surface area contributed by atoms with E-state index in [1.807, 2.05) is 30.3 Å². The van der Waals surface area contributed by atoms with Gasteiger partial charge >= 0.3 is 12.4 Å². The highest BCUT2D eigenvalue weighted by Gasteiger charge is 2.42. The number of carbonyl (C=O) groups is 1. The molecule has 0 aliphatic rings. The van der Waals surface area contributed by atoms with Crippen molar-refractivity contribution < 1.29 is 35.9 Å². The van der Waals surface area contributed by atoms with Crippen LogP contribution in [0.15, 0.2) is 72.8 Å². The molecule has 0 heterocycles. The van der Waals surface area contributed by atoms with Crippen molar-refractivity contribution in [2.75, 3.05) is 0 Å².